The van der Waals surface area contributed by atoms with Crippen LogP contribution < -0.4 is 16.0 Å². The van der Waals surface area contributed by atoms with E-state index >= 15 is 0 Å². The number of aryl methyl sites for hydroxylation is 1. The van der Waals surface area contributed by atoms with E-state index in [1.807, 2.05) is 32.0 Å². The van der Waals surface area contributed by atoms with Crippen molar-refractivity contribution >= 4 is 57.5 Å². The van der Waals surface area contributed by atoms with Gasteiger partial charge < -0.3 is 20.7 Å². The van der Waals surface area contributed by atoms with E-state index in [1.165, 1.54) is 12.8 Å². The van der Waals surface area contributed by atoms with Crippen LogP contribution in [0.25, 0.3) is 0 Å². The zero-order valence-electron chi connectivity index (χ0n) is 16.7. The second-order valence-corrected chi connectivity index (χ2v) is 7.73. The molecule has 6 nitrogen and oxygen atoms in total. The normalized spacial score (nSPS) is 13.6. The Hall–Kier alpha value is -0.870. The summed E-state index contributed by atoms with van der Waals surface area (Å²) in [6.45, 7) is 7.69. The van der Waals surface area contributed by atoms with Crippen molar-refractivity contribution in [1.82, 2.24) is 10.6 Å². The Kier molecular flexibility index (Phi) is 12.7. The average Bonchev–Trinajstić information content (AvgIpc) is 3.44. The first-order valence-electron chi connectivity index (χ1n) is 9.74. The molecule has 0 aliphatic heterocycles. The maximum Gasteiger partial charge on any atom is 0.226 e. The van der Waals surface area contributed by atoms with Crippen LogP contribution >= 0.6 is 39.9 Å². The van der Waals surface area contributed by atoms with Gasteiger partial charge in [0.2, 0.25) is 5.91 Å². The molecule has 0 bridgehead atoms. The number of aliphatic imine (C=N–C) groups is 1. The molecule has 0 saturated heterocycles. The molecule has 1 aromatic carbocycles. The van der Waals surface area contributed by atoms with Crippen molar-refractivity contribution in [3.8, 4) is 0 Å². The van der Waals surface area contributed by atoms with Crippen LogP contribution in [0.15, 0.2) is 27.7 Å². The van der Waals surface area contributed by atoms with E-state index in [9.17, 15) is 4.79 Å². The van der Waals surface area contributed by atoms with E-state index in [4.69, 9.17) is 4.74 Å². The van der Waals surface area contributed by atoms with Crippen LogP contribution in [-0.4, -0.2) is 44.7 Å². The Morgan fingerprint density at radius 3 is 2.79 bits per heavy atom. The third-order valence-corrected chi connectivity index (χ3v) is 4.71. The standard InChI is InChI=1S/C20H31BrN4O2.HI/c1-3-22-20(23-10-4-12-27-14-16-5-6-16)24-11-9-19(26)25-18-8-7-17(21)13-15(18)2;/h7-8,13,16H,3-6,9-12,14H2,1-2H3,(H,25,26)(H2,22,23,24);1H. The van der Waals surface area contributed by atoms with Gasteiger partial charge in [0.15, 0.2) is 5.96 Å². The van der Waals surface area contributed by atoms with Crippen molar-refractivity contribution in [3.05, 3.63) is 28.2 Å². The van der Waals surface area contributed by atoms with Gasteiger partial charge in [0.05, 0.1) is 0 Å². The number of hydrogen-bond donors (Lipinski definition) is 3. The molecule has 1 aliphatic rings. The highest BCUT2D eigenvalue weighted by molar-refractivity contribution is 14.0. The first-order chi connectivity index (χ1) is 13.1. The maximum atomic E-state index is 12.1. The molecule has 1 amide bonds. The van der Waals surface area contributed by atoms with Crippen LogP contribution in [0.3, 0.4) is 0 Å². The summed E-state index contributed by atoms with van der Waals surface area (Å²) in [7, 11) is 0. The van der Waals surface area contributed by atoms with Gasteiger partial charge in [-0.15, -0.1) is 24.0 Å². The summed E-state index contributed by atoms with van der Waals surface area (Å²) in [6, 6.07) is 5.81. The number of carbonyl (C=O) groups excluding carboxylic acids is 1. The van der Waals surface area contributed by atoms with E-state index < -0.39 is 0 Å². The number of hydrogen-bond acceptors (Lipinski definition) is 3. The monoisotopic (exact) mass is 566 g/mol. The number of nitrogens with one attached hydrogen (secondary N) is 3. The lowest BCUT2D eigenvalue weighted by Crippen LogP contribution is -2.38. The smallest absolute Gasteiger partial charge is 0.226 e. The van der Waals surface area contributed by atoms with Gasteiger partial charge >= 0.3 is 0 Å². The summed E-state index contributed by atoms with van der Waals surface area (Å²) in [5.74, 6) is 1.53. The summed E-state index contributed by atoms with van der Waals surface area (Å²) in [5.41, 5.74) is 1.87. The Bertz CT molecular complexity index is 639. The summed E-state index contributed by atoms with van der Waals surface area (Å²) in [5, 5.41) is 9.36. The zero-order chi connectivity index (χ0) is 19.5. The number of amides is 1. The first kappa shape index (κ1) is 25.2. The minimum atomic E-state index is -0.0164. The Morgan fingerprint density at radius 2 is 2.11 bits per heavy atom. The zero-order valence-corrected chi connectivity index (χ0v) is 20.6. The number of benzene rings is 1. The van der Waals surface area contributed by atoms with Gasteiger partial charge in [-0.1, -0.05) is 15.9 Å². The molecule has 3 N–H and O–H groups in total. The van der Waals surface area contributed by atoms with Crippen LogP contribution in [0.4, 0.5) is 5.69 Å². The fourth-order valence-corrected chi connectivity index (χ4v) is 2.98. The van der Waals surface area contributed by atoms with Crippen LogP contribution in [0.1, 0.15) is 38.2 Å². The Balaban J connectivity index is 0.00000392. The molecule has 0 atom stereocenters. The number of anilines is 1. The van der Waals surface area contributed by atoms with Crippen molar-refractivity contribution < 1.29 is 9.53 Å². The molecule has 28 heavy (non-hydrogen) atoms. The molecule has 1 fully saturated rings. The third kappa shape index (κ3) is 10.6. The lowest BCUT2D eigenvalue weighted by atomic mass is 10.2. The van der Waals surface area contributed by atoms with E-state index in [0.717, 1.165) is 53.8 Å². The van der Waals surface area contributed by atoms with Gasteiger partial charge in [-0.25, -0.2) is 0 Å². The molecule has 1 aromatic rings. The Morgan fingerprint density at radius 1 is 1.32 bits per heavy atom. The SMILES string of the molecule is CCNC(=NCCCOCC1CC1)NCCC(=O)Nc1ccc(Br)cc1C.I. The van der Waals surface area contributed by atoms with Crippen molar-refractivity contribution in [2.45, 2.75) is 39.5 Å². The summed E-state index contributed by atoms with van der Waals surface area (Å²) >= 11 is 3.43. The van der Waals surface area contributed by atoms with Crippen LogP contribution in [0, 0.1) is 12.8 Å². The van der Waals surface area contributed by atoms with Crippen LogP contribution in [0.2, 0.25) is 0 Å². The summed E-state index contributed by atoms with van der Waals surface area (Å²) < 4.78 is 6.62. The van der Waals surface area contributed by atoms with Crippen molar-refractivity contribution in [2.24, 2.45) is 10.9 Å². The first-order valence-corrected chi connectivity index (χ1v) is 10.5. The molecule has 2 rings (SSSR count). The van der Waals surface area contributed by atoms with E-state index in [2.05, 4.69) is 36.9 Å². The predicted octanol–water partition coefficient (Wildman–Crippen LogP) is 4.08. The van der Waals surface area contributed by atoms with Crippen LogP contribution in [0.5, 0.6) is 0 Å². The Labute approximate surface area is 193 Å². The number of guanidine groups is 1. The van der Waals surface area contributed by atoms with Gasteiger partial charge in [0, 0.05) is 49.4 Å². The molecule has 0 aromatic heterocycles. The van der Waals surface area contributed by atoms with Crippen molar-refractivity contribution in [1.29, 1.82) is 0 Å². The highest BCUT2D eigenvalue weighted by atomic mass is 127. The van der Waals surface area contributed by atoms with Gasteiger partial charge in [-0.2, -0.15) is 0 Å². The fraction of sp³-hybridized carbons (Fsp3) is 0.600. The van der Waals surface area contributed by atoms with Crippen LogP contribution in [-0.2, 0) is 9.53 Å². The average molecular weight is 567 g/mol. The lowest BCUT2D eigenvalue weighted by Gasteiger charge is -2.12. The molecule has 1 aliphatic carbocycles. The summed E-state index contributed by atoms with van der Waals surface area (Å²) in [6.07, 6.45) is 3.93. The highest BCUT2D eigenvalue weighted by Crippen LogP contribution is 2.28. The molecule has 0 unspecified atom stereocenters. The van der Waals surface area contributed by atoms with E-state index in [0.29, 0.717) is 19.5 Å². The van der Waals surface area contributed by atoms with Gasteiger partial charge in [-0.3, -0.25) is 9.79 Å². The second-order valence-electron chi connectivity index (χ2n) is 6.82. The van der Waals surface area contributed by atoms with Crippen molar-refractivity contribution in [2.75, 3.05) is 38.2 Å². The highest BCUT2D eigenvalue weighted by Gasteiger charge is 2.20. The quantitative estimate of drug-likeness (QED) is 0.163. The molecule has 0 spiro atoms. The molecule has 8 heteroatoms. The van der Waals surface area contributed by atoms with Gasteiger partial charge in [-0.05, 0) is 62.8 Å². The summed E-state index contributed by atoms with van der Waals surface area (Å²) in [4.78, 5) is 16.7. The minimum absolute atomic E-state index is 0. The maximum absolute atomic E-state index is 12.1. The topological polar surface area (TPSA) is 74.8 Å². The second kappa shape index (κ2) is 14.2. The third-order valence-electron chi connectivity index (χ3n) is 4.22. The van der Waals surface area contributed by atoms with Gasteiger partial charge in [0.1, 0.15) is 0 Å². The molecule has 0 heterocycles. The number of halogens is 2. The number of rotatable bonds is 11. The minimum Gasteiger partial charge on any atom is -0.381 e. The van der Waals surface area contributed by atoms with Crippen molar-refractivity contribution in [3.63, 3.8) is 0 Å². The molecular formula is C20H32BrIN4O2. The number of carbonyl (C=O) groups is 1. The molecule has 1 saturated carbocycles. The molecule has 0 radical (unpaired) electrons. The number of nitrogens with zero attached hydrogens (tertiary/aromatic N) is 1. The largest absolute Gasteiger partial charge is 0.381 e. The molecule has 158 valence electrons. The number of ether oxygens (including phenoxy) is 1. The van der Waals surface area contributed by atoms with E-state index in [1.54, 1.807) is 0 Å². The fourth-order valence-electron chi connectivity index (χ4n) is 2.51. The molecular weight excluding hydrogens is 535 g/mol. The predicted molar refractivity (Wildman–Crippen MR) is 130 cm³/mol. The van der Waals surface area contributed by atoms with Gasteiger partial charge in [0.25, 0.3) is 0 Å². The lowest BCUT2D eigenvalue weighted by molar-refractivity contribution is -0.116. The van der Waals surface area contributed by atoms with E-state index in [-0.39, 0.29) is 29.9 Å².